The molecule has 1 aromatic heterocycles. The Labute approximate surface area is 133 Å². The van der Waals surface area contributed by atoms with Crippen molar-refractivity contribution in [2.24, 2.45) is 5.92 Å². The van der Waals surface area contributed by atoms with Gasteiger partial charge in [0.1, 0.15) is 4.88 Å². The van der Waals surface area contributed by atoms with E-state index in [1.807, 2.05) is 12.1 Å². The Bertz CT molecular complexity index is 543. The fourth-order valence-electron chi connectivity index (χ4n) is 3.32. The maximum absolute atomic E-state index is 11.6. The van der Waals surface area contributed by atoms with Gasteiger partial charge < -0.3 is 9.84 Å². The lowest BCUT2D eigenvalue weighted by Crippen LogP contribution is -2.40. The van der Waals surface area contributed by atoms with Gasteiger partial charge in [-0.1, -0.05) is 25.3 Å². The second-order valence-electron chi connectivity index (χ2n) is 5.77. The highest BCUT2D eigenvalue weighted by atomic mass is 32.2. The number of thioether (sulfide) groups is 1. The van der Waals surface area contributed by atoms with Gasteiger partial charge in [-0.25, -0.2) is 4.79 Å². The molecule has 0 aromatic carbocycles. The molecule has 5 heteroatoms. The van der Waals surface area contributed by atoms with E-state index in [4.69, 9.17) is 4.74 Å². The molecule has 3 nitrogen and oxygen atoms in total. The van der Waals surface area contributed by atoms with Crippen molar-refractivity contribution in [1.82, 2.24) is 0 Å². The van der Waals surface area contributed by atoms with E-state index in [9.17, 15) is 9.90 Å². The quantitative estimate of drug-likeness (QED) is 0.849. The monoisotopic (exact) mass is 324 g/mol. The van der Waals surface area contributed by atoms with Crippen LogP contribution < -0.4 is 0 Å². The van der Waals surface area contributed by atoms with Crippen molar-refractivity contribution in [2.75, 3.05) is 7.11 Å². The molecule has 1 N–H and O–H groups in total. The Morgan fingerprint density at radius 1 is 1.33 bits per heavy atom. The van der Waals surface area contributed by atoms with Crippen molar-refractivity contribution in [1.29, 1.82) is 0 Å². The van der Waals surface area contributed by atoms with Gasteiger partial charge in [0.15, 0.2) is 0 Å². The SMILES string of the molecule is COC(=O)c1ccc([C@H]2SC=C[C@H]2C2(O)CCCCC2)s1. The standard InChI is InChI=1S/C16H20O3S2/c1-19-15(17)13-6-5-12(21-13)14-11(7-10-20-14)16(18)8-3-2-4-9-16/h5-7,10-11,14,18H,2-4,8-9H2,1H3/t11-,14+/m1/s1. The van der Waals surface area contributed by atoms with Crippen LogP contribution in [0.2, 0.25) is 0 Å². The number of aliphatic hydroxyl groups is 1. The molecule has 114 valence electrons. The second kappa shape index (κ2) is 6.15. The summed E-state index contributed by atoms with van der Waals surface area (Å²) in [5.74, 6) is -0.137. The Balaban J connectivity index is 1.81. The fourth-order valence-corrected chi connectivity index (χ4v) is 5.74. The number of hydrogen-bond donors (Lipinski definition) is 1. The van der Waals surface area contributed by atoms with Crippen molar-refractivity contribution in [3.05, 3.63) is 33.4 Å². The van der Waals surface area contributed by atoms with Gasteiger partial charge in [-0.05, 0) is 30.4 Å². The molecule has 0 amide bonds. The number of carbonyl (C=O) groups is 1. The predicted octanol–water partition coefficient (Wildman–Crippen LogP) is 4.15. The molecule has 0 saturated heterocycles. The molecule has 2 aliphatic rings. The zero-order chi connectivity index (χ0) is 14.9. The number of hydrogen-bond acceptors (Lipinski definition) is 5. The van der Waals surface area contributed by atoms with Crippen LogP contribution in [0, 0.1) is 5.92 Å². The first-order valence-corrected chi connectivity index (χ1v) is 9.12. The molecular weight excluding hydrogens is 304 g/mol. The van der Waals surface area contributed by atoms with Crippen LogP contribution in [0.3, 0.4) is 0 Å². The lowest BCUT2D eigenvalue weighted by atomic mass is 9.74. The molecule has 0 bridgehead atoms. The van der Waals surface area contributed by atoms with Crippen LogP contribution >= 0.6 is 23.1 Å². The van der Waals surface area contributed by atoms with Gasteiger partial charge in [-0.2, -0.15) is 0 Å². The topological polar surface area (TPSA) is 46.5 Å². The summed E-state index contributed by atoms with van der Waals surface area (Å²) in [6.45, 7) is 0. The minimum Gasteiger partial charge on any atom is -0.465 e. The molecular formula is C16H20O3S2. The third-order valence-corrected chi connectivity index (χ3v) is 6.92. The second-order valence-corrected chi connectivity index (χ2v) is 7.94. The van der Waals surface area contributed by atoms with E-state index in [2.05, 4.69) is 11.5 Å². The van der Waals surface area contributed by atoms with Crippen LogP contribution in [-0.4, -0.2) is 23.8 Å². The Kier molecular flexibility index (Phi) is 4.43. The normalized spacial score (nSPS) is 27.7. The average Bonchev–Trinajstić information content (AvgIpc) is 3.16. The van der Waals surface area contributed by atoms with Crippen LogP contribution in [0.5, 0.6) is 0 Å². The Hall–Kier alpha value is -0.780. The molecule has 0 unspecified atom stereocenters. The molecule has 1 aliphatic carbocycles. The minimum absolute atomic E-state index is 0.145. The first-order valence-electron chi connectivity index (χ1n) is 7.36. The van der Waals surface area contributed by atoms with Gasteiger partial charge in [0, 0.05) is 10.8 Å². The number of thiophene rings is 1. The number of rotatable bonds is 3. The maximum Gasteiger partial charge on any atom is 0.348 e. The maximum atomic E-state index is 11.6. The van der Waals surface area contributed by atoms with Gasteiger partial charge in [0.25, 0.3) is 0 Å². The molecule has 2 heterocycles. The molecule has 0 spiro atoms. The minimum atomic E-state index is -0.585. The van der Waals surface area contributed by atoms with E-state index in [0.29, 0.717) is 4.88 Å². The zero-order valence-electron chi connectivity index (χ0n) is 12.1. The van der Waals surface area contributed by atoms with Crippen molar-refractivity contribution in [3.8, 4) is 0 Å². The summed E-state index contributed by atoms with van der Waals surface area (Å²) in [6, 6.07) is 3.83. The number of ether oxygens (including phenoxy) is 1. The van der Waals surface area contributed by atoms with Crippen molar-refractivity contribution in [2.45, 2.75) is 43.0 Å². The Morgan fingerprint density at radius 2 is 2.10 bits per heavy atom. The largest absolute Gasteiger partial charge is 0.465 e. The Morgan fingerprint density at radius 3 is 2.81 bits per heavy atom. The molecule has 1 aromatic rings. The van der Waals surface area contributed by atoms with Crippen LogP contribution in [-0.2, 0) is 4.74 Å². The van der Waals surface area contributed by atoms with Crippen LogP contribution in [0.1, 0.15) is 51.9 Å². The molecule has 21 heavy (non-hydrogen) atoms. The van der Waals surface area contributed by atoms with Crippen LogP contribution in [0.4, 0.5) is 0 Å². The van der Waals surface area contributed by atoms with E-state index in [0.717, 1.165) is 30.6 Å². The molecule has 2 atom stereocenters. The molecule has 3 rings (SSSR count). The average molecular weight is 324 g/mol. The van der Waals surface area contributed by atoms with Crippen LogP contribution in [0.25, 0.3) is 0 Å². The van der Waals surface area contributed by atoms with Gasteiger partial charge in [-0.3, -0.25) is 0 Å². The van der Waals surface area contributed by atoms with Gasteiger partial charge in [0.05, 0.1) is 18.0 Å². The zero-order valence-corrected chi connectivity index (χ0v) is 13.7. The summed E-state index contributed by atoms with van der Waals surface area (Å²) >= 11 is 3.23. The third-order valence-electron chi connectivity index (χ3n) is 4.47. The highest BCUT2D eigenvalue weighted by Gasteiger charge is 2.43. The van der Waals surface area contributed by atoms with Gasteiger partial charge in [-0.15, -0.1) is 23.1 Å². The van der Waals surface area contributed by atoms with Crippen molar-refractivity contribution >= 4 is 29.1 Å². The number of carbonyl (C=O) groups excluding carboxylic acids is 1. The van der Waals surface area contributed by atoms with Gasteiger partial charge >= 0.3 is 5.97 Å². The molecule has 1 saturated carbocycles. The lowest BCUT2D eigenvalue weighted by molar-refractivity contribution is -0.0327. The third kappa shape index (κ3) is 2.91. The fraction of sp³-hybridized carbons (Fsp3) is 0.562. The van der Waals surface area contributed by atoms with E-state index in [1.165, 1.54) is 24.9 Å². The first kappa shape index (κ1) is 15.1. The molecule has 1 aliphatic heterocycles. The van der Waals surface area contributed by atoms with Crippen LogP contribution in [0.15, 0.2) is 23.6 Å². The number of esters is 1. The summed E-state index contributed by atoms with van der Waals surface area (Å²) in [7, 11) is 1.40. The van der Waals surface area contributed by atoms with E-state index in [1.54, 1.807) is 11.8 Å². The van der Waals surface area contributed by atoms with E-state index in [-0.39, 0.29) is 17.1 Å². The predicted molar refractivity (Wildman–Crippen MR) is 86.7 cm³/mol. The van der Waals surface area contributed by atoms with E-state index < -0.39 is 5.60 Å². The molecule has 1 fully saturated rings. The summed E-state index contributed by atoms with van der Waals surface area (Å²) in [5, 5.41) is 13.3. The summed E-state index contributed by atoms with van der Waals surface area (Å²) in [4.78, 5) is 13.4. The first-order chi connectivity index (χ1) is 10.1. The summed E-state index contributed by atoms with van der Waals surface area (Å²) < 4.78 is 4.77. The van der Waals surface area contributed by atoms with E-state index >= 15 is 0 Å². The molecule has 0 radical (unpaired) electrons. The highest BCUT2D eigenvalue weighted by molar-refractivity contribution is 8.02. The van der Waals surface area contributed by atoms with Gasteiger partial charge in [0.2, 0.25) is 0 Å². The number of methoxy groups -OCH3 is 1. The smallest absolute Gasteiger partial charge is 0.348 e. The van der Waals surface area contributed by atoms with Crippen molar-refractivity contribution in [3.63, 3.8) is 0 Å². The summed E-state index contributed by atoms with van der Waals surface area (Å²) in [5.41, 5.74) is -0.585. The van der Waals surface area contributed by atoms with Crippen molar-refractivity contribution < 1.29 is 14.6 Å². The lowest BCUT2D eigenvalue weighted by Gasteiger charge is -2.39. The summed E-state index contributed by atoms with van der Waals surface area (Å²) in [6.07, 6.45) is 7.36. The highest BCUT2D eigenvalue weighted by Crippen LogP contribution is 2.52.